The van der Waals surface area contributed by atoms with E-state index in [0.29, 0.717) is 38.8 Å². The fraction of sp³-hybridized carbons (Fsp3) is 0.579. The molecule has 1 aliphatic rings. The Labute approximate surface area is 148 Å². The number of amides is 1. The van der Waals surface area contributed by atoms with E-state index in [2.05, 4.69) is 23.0 Å². The highest BCUT2D eigenvalue weighted by molar-refractivity contribution is 5.79. The lowest BCUT2D eigenvalue weighted by molar-refractivity contribution is -0.137. The second-order valence-electron chi connectivity index (χ2n) is 7.06. The van der Waals surface area contributed by atoms with E-state index >= 15 is 0 Å². The van der Waals surface area contributed by atoms with Gasteiger partial charge in [0.15, 0.2) is 0 Å². The SMILES string of the molecule is CCN(CCc1nc2c(C)cccc2[nH]1)C(=O)[C@H]1CC[C@@H](O)[C@H](N)C1. The van der Waals surface area contributed by atoms with E-state index in [9.17, 15) is 9.90 Å². The number of likely N-dealkylation sites (N-methyl/N-ethyl adjacent to an activating group) is 1. The second kappa shape index (κ2) is 7.54. The molecule has 1 aliphatic carbocycles. The molecule has 4 N–H and O–H groups in total. The lowest BCUT2D eigenvalue weighted by Gasteiger charge is -2.33. The Balaban J connectivity index is 1.63. The molecule has 1 heterocycles. The number of carbonyl (C=O) groups is 1. The summed E-state index contributed by atoms with van der Waals surface area (Å²) in [6.07, 6.45) is 2.12. The largest absolute Gasteiger partial charge is 0.392 e. The van der Waals surface area contributed by atoms with Gasteiger partial charge in [-0.1, -0.05) is 12.1 Å². The van der Waals surface area contributed by atoms with E-state index in [1.807, 2.05) is 24.0 Å². The summed E-state index contributed by atoms with van der Waals surface area (Å²) in [5, 5.41) is 9.75. The highest BCUT2D eigenvalue weighted by atomic mass is 16.3. The van der Waals surface area contributed by atoms with Gasteiger partial charge in [-0.05, 0) is 44.7 Å². The molecule has 1 aromatic heterocycles. The summed E-state index contributed by atoms with van der Waals surface area (Å²) in [5.74, 6) is 0.986. The minimum Gasteiger partial charge on any atom is -0.392 e. The summed E-state index contributed by atoms with van der Waals surface area (Å²) in [7, 11) is 0. The zero-order valence-corrected chi connectivity index (χ0v) is 15.0. The average Bonchev–Trinajstić information content (AvgIpc) is 3.02. The zero-order chi connectivity index (χ0) is 18.0. The third-order valence-corrected chi connectivity index (χ3v) is 5.29. The summed E-state index contributed by atoms with van der Waals surface area (Å²) in [4.78, 5) is 22.7. The quantitative estimate of drug-likeness (QED) is 0.770. The van der Waals surface area contributed by atoms with Crippen LogP contribution in [-0.4, -0.2) is 51.1 Å². The van der Waals surface area contributed by atoms with Crippen LogP contribution in [0.5, 0.6) is 0 Å². The van der Waals surface area contributed by atoms with Crippen molar-refractivity contribution in [2.75, 3.05) is 13.1 Å². The Morgan fingerprint density at radius 2 is 2.24 bits per heavy atom. The maximum atomic E-state index is 12.8. The van der Waals surface area contributed by atoms with Gasteiger partial charge in [-0.2, -0.15) is 0 Å². The molecule has 1 fully saturated rings. The second-order valence-corrected chi connectivity index (χ2v) is 7.06. The molecule has 0 aliphatic heterocycles. The van der Waals surface area contributed by atoms with Crippen molar-refractivity contribution in [2.45, 2.75) is 51.7 Å². The van der Waals surface area contributed by atoms with Gasteiger partial charge in [0.05, 0.1) is 17.1 Å². The Morgan fingerprint density at radius 1 is 1.44 bits per heavy atom. The van der Waals surface area contributed by atoms with Crippen molar-refractivity contribution in [1.29, 1.82) is 0 Å². The molecule has 6 nitrogen and oxygen atoms in total. The minimum atomic E-state index is -0.474. The Morgan fingerprint density at radius 3 is 2.92 bits per heavy atom. The first-order valence-electron chi connectivity index (χ1n) is 9.16. The van der Waals surface area contributed by atoms with Gasteiger partial charge in [-0.15, -0.1) is 0 Å². The van der Waals surface area contributed by atoms with Crippen LogP contribution in [0.2, 0.25) is 0 Å². The summed E-state index contributed by atoms with van der Waals surface area (Å²) >= 11 is 0. The number of rotatable bonds is 5. The molecule has 3 atom stereocenters. The lowest BCUT2D eigenvalue weighted by atomic mass is 9.83. The van der Waals surface area contributed by atoms with Crippen molar-refractivity contribution in [2.24, 2.45) is 11.7 Å². The molecule has 1 aromatic carbocycles. The molecule has 0 saturated heterocycles. The van der Waals surface area contributed by atoms with E-state index < -0.39 is 6.10 Å². The molecule has 136 valence electrons. The van der Waals surface area contributed by atoms with Crippen molar-refractivity contribution < 1.29 is 9.90 Å². The molecule has 0 unspecified atom stereocenters. The lowest BCUT2D eigenvalue weighted by Crippen LogP contribution is -2.46. The summed E-state index contributed by atoms with van der Waals surface area (Å²) in [5.41, 5.74) is 9.12. The summed E-state index contributed by atoms with van der Waals surface area (Å²) in [6.45, 7) is 5.36. The molecule has 0 spiro atoms. The number of nitrogens with one attached hydrogen (secondary N) is 1. The smallest absolute Gasteiger partial charge is 0.225 e. The van der Waals surface area contributed by atoms with Crippen LogP contribution in [0.3, 0.4) is 0 Å². The highest BCUT2D eigenvalue weighted by Crippen LogP contribution is 2.25. The van der Waals surface area contributed by atoms with Gasteiger partial charge in [-0.3, -0.25) is 4.79 Å². The van der Waals surface area contributed by atoms with E-state index in [1.54, 1.807) is 0 Å². The molecule has 6 heteroatoms. The van der Waals surface area contributed by atoms with Crippen molar-refractivity contribution >= 4 is 16.9 Å². The first-order chi connectivity index (χ1) is 12.0. The third kappa shape index (κ3) is 3.85. The van der Waals surface area contributed by atoms with Gasteiger partial charge in [0.25, 0.3) is 0 Å². The number of aromatic nitrogens is 2. The summed E-state index contributed by atoms with van der Waals surface area (Å²) < 4.78 is 0. The normalized spacial score (nSPS) is 23.8. The molecule has 25 heavy (non-hydrogen) atoms. The molecule has 1 amide bonds. The Bertz CT molecular complexity index is 742. The molecule has 3 rings (SSSR count). The number of hydrogen-bond acceptors (Lipinski definition) is 4. The number of carbonyl (C=O) groups excluding carboxylic acids is 1. The third-order valence-electron chi connectivity index (χ3n) is 5.29. The number of aromatic amines is 1. The van der Waals surface area contributed by atoms with Crippen LogP contribution in [0.15, 0.2) is 18.2 Å². The Kier molecular flexibility index (Phi) is 5.39. The van der Waals surface area contributed by atoms with Gasteiger partial charge >= 0.3 is 0 Å². The number of fused-ring (bicyclic) bond motifs is 1. The van der Waals surface area contributed by atoms with Crippen LogP contribution in [0.25, 0.3) is 11.0 Å². The molecular formula is C19H28N4O2. The van der Waals surface area contributed by atoms with Crippen LogP contribution >= 0.6 is 0 Å². The fourth-order valence-corrected chi connectivity index (χ4v) is 3.68. The number of nitrogens with zero attached hydrogens (tertiary/aromatic N) is 2. The number of aliphatic hydroxyl groups excluding tert-OH is 1. The van der Waals surface area contributed by atoms with Crippen molar-refractivity contribution in [3.63, 3.8) is 0 Å². The van der Waals surface area contributed by atoms with E-state index in [4.69, 9.17) is 5.73 Å². The van der Waals surface area contributed by atoms with Crippen molar-refractivity contribution in [3.8, 4) is 0 Å². The zero-order valence-electron chi connectivity index (χ0n) is 15.0. The number of H-pyrrole nitrogens is 1. The van der Waals surface area contributed by atoms with E-state index in [0.717, 1.165) is 22.4 Å². The molecule has 0 radical (unpaired) electrons. The number of benzene rings is 1. The maximum absolute atomic E-state index is 12.8. The molecule has 1 saturated carbocycles. The highest BCUT2D eigenvalue weighted by Gasteiger charge is 2.32. The number of aliphatic hydroxyl groups is 1. The van der Waals surface area contributed by atoms with Crippen LogP contribution in [0.1, 0.15) is 37.6 Å². The topological polar surface area (TPSA) is 95.2 Å². The van der Waals surface area contributed by atoms with Gasteiger partial charge in [0.1, 0.15) is 5.82 Å². The summed E-state index contributed by atoms with van der Waals surface area (Å²) in [6, 6.07) is 5.80. The van der Waals surface area contributed by atoms with Gasteiger partial charge in [0.2, 0.25) is 5.91 Å². The van der Waals surface area contributed by atoms with Crippen molar-refractivity contribution in [3.05, 3.63) is 29.6 Å². The monoisotopic (exact) mass is 344 g/mol. The molecule has 2 aromatic rings. The molecule has 0 bridgehead atoms. The van der Waals surface area contributed by atoms with Crippen LogP contribution in [0, 0.1) is 12.8 Å². The first kappa shape index (κ1) is 17.9. The predicted molar refractivity (Wildman–Crippen MR) is 98.1 cm³/mol. The standard InChI is InChI=1S/C19H28N4O2/c1-3-23(19(25)13-7-8-16(24)14(20)11-13)10-9-17-21-15-6-4-5-12(2)18(15)22-17/h4-6,13-14,16,24H,3,7-11,20H2,1-2H3,(H,21,22)/t13-,14+,16+/m0/s1. The number of imidazole rings is 1. The number of hydrogen-bond donors (Lipinski definition) is 3. The maximum Gasteiger partial charge on any atom is 0.225 e. The van der Waals surface area contributed by atoms with Crippen LogP contribution in [0.4, 0.5) is 0 Å². The van der Waals surface area contributed by atoms with Gasteiger partial charge in [0, 0.05) is 31.5 Å². The minimum absolute atomic E-state index is 0.0729. The fourth-order valence-electron chi connectivity index (χ4n) is 3.68. The average molecular weight is 344 g/mol. The predicted octanol–water partition coefficient (Wildman–Crippen LogP) is 1.75. The number of aryl methyl sites for hydroxylation is 1. The van der Waals surface area contributed by atoms with Crippen LogP contribution < -0.4 is 5.73 Å². The van der Waals surface area contributed by atoms with Gasteiger partial charge < -0.3 is 20.7 Å². The van der Waals surface area contributed by atoms with E-state index in [1.165, 1.54) is 0 Å². The molecular weight excluding hydrogens is 316 g/mol. The Hall–Kier alpha value is -1.92. The number of para-hydroxylation sites is 1. The van der Waals surface area contributed by atoms with Gasteiger partial charge in [-0.25, -0.2) is 4.98 Å². The van der Waals surface area contributed by atoms with Crippen molar-refractivity contribution in [1.82, 2.24) is 14.9 Å². The number of nitrogens with two attached hydrogens (primary N) is 1. The first-order valence-corrected chi connectivity index (χ1v) is 9.16. The van der Waals surface area contributed by atoms with E-state index in [-0.39, 0.29) is 17.9 Å². The van der Waals surface area contributed by atoms with Crippen LogP contribution in [-0.2, 0) is 11.2 Å².